The fourth-order valence-corrected chi connectivity index (χ4v) is 3.29. The molecule has 132 valence electrons. The Morgan fingerprint density at radius 2 is 2.04 bits per heavy atom. The molecule has 0 spiro atoms. The minimum absolute atomic E-state index is 0.183. The van der Waals surface area contributed by atoms with Crippen molar-refractivity contribution in [2.24, 2.45) is 5.92 Å². The number of nitrogens with one attached hydrogen (secondary N) is 2. The second-order valence-corrected chi connectivity index (χ2v) is 6.15. The van der Waals surface area contributed by atoms with E-state index in [9.17, 15) is 9.18 Å². The summed E-state index contributed by atoms with van der Waals surface area (Å²) in [7, 11) is 0. The van der Waals surface area contributed by atoms with Gasteiger partial charge in [0, 0.05) is 38.2 Å². The van der Waals surface area contributed by atoms with Crippen LogP contribution >= 0.6 is 0 Å². The average molecular weight is 337 g/mol. The van der Waals surface area contributed by atoms with Crippen molar-refractivity contribution in [2.45, 2.75) is 12.5 Å². The molecule has 1 aromatic carbocycles. The Bertz CT molecular complexity index is 546. The SMILES string of the molecule is O=C(NC[C@H]([C@@H]1CCOC1)N1CCOCC1)Nc1ccccc1F. The number of carbonyl (C=O) groups is 1. The van der Waals surface area contributed by atoms with Gasteiger partial charge in [0.15, 0.2) is 0 Å². The van der Waals surface area contributed by atoms with E-state index in [1.165, 1.54) is 6.07 Å². The van der Waals surface area contributed by atoms with E-state index in [1.807, 2.05) is 0 Å². The predicted molar refractivity (Wildman–Crippen MR) is 88.5 cm³/mol. The molecule has 3 rings (SSSR count). The molecule has 24 heavy (non-hydrogen) atoms. The highest BCUT2D eigenvalue weighted by Gasteiger charge is 2.31. The van der Waals surface area contributed by atoms with Crippen molar-refractivity contribution in [3.05, 3.63) is 30.1 Å². The molecule has 0 aliphatic carbocycles. The quantitative estimate of drug-likeness (QED) is 0.858. The Morgan fingerprint density at radius 3 is 2.75 bits per heavy atom. The third-order valence-corrected chi connectivity index (χ3v) is 4.62. The number of para-hydroxylation sites is 1. The molecule has 1 aromatic rings. The summed E-state index contributed by atoms with van der Waals surface area (Å²) in [6.07, 6.45) is 0.999. The monoisotopic (exact) mass is 337 g/mol. The summed E-state index contributed by atoms with van der Waals surface area (Å²) in [5.74, 6) is -0.0431. The van der Waals surface area contributed by atoms with Crippen LogP contribution in [0, 0.1) is 11.7 Å². The van der Waals surface area contributed by atoms with Gasteiger partial charge in [-0.3, -0.25) is 4.90 Å². The summed E-state index contributed by atoms with van der Waals surface area (Å²) in [5, 5.41) is 5.44. The molecule has 2 amide bonds. The van der Waals surface area contributed by atoms with Crippen LogP contribution in [0.5, 0.6) is 0 Å². The van der Waals surface area contributed by atoms with E-state index in [-0.39, 0.29) is 11.7 Å². The van der Waals surface area contributed by atoms with Crippen LogP contribution in [0.1, 0.15) is 6.42 Å². The summed E-state index contributed by atoms with van der Waals surface area (Å²) in [4.78, 5) is 14.5. The van der Waals surface area contributed by atoms with Crippen LogP contribution in [0.25, 0.3) is 0 Å². The Kier molecular flexibility index (Phi) is 6.01. The maximum absolute atomic E-state index is 13.6. The van der Waals surface area contributed by atoms with Gasteiger partial charge >= 0.3 is 6.03 Å². The Morgan fingerprint density at radius 1 is 1.25 bits per heavy atom. The van der Waals surface area contributed by atoms with E-state index < -0.39 is 11.8 Å². The van der Waals surface area contributed by atoms with Crippen molar-refractivity contribution in [3.63, 3.8) is 0 Å². The molecule has 0 saturated carbocycles. The molecule has 2 aliphatic heterocycles. The molecule has 0 bridgehead atoms. The van der Waals surface area contributed by atoms with Gasteiger partial charge in [0.1, 0.15) is 5.82 Å². The van der Waals surface area contributed by atoms with E-state index in [2.05, 4.69) is 15.5 Å². The van der Waals surface area contributed by atoms with Crippen LogP contribution in [0.4, 0.5) is 14.9 Å². The average Bonchev–Trinajstić information content (AvgIpc) is 3.12. The molecule has 2 atom stereocenters. The Hall–Kier alpha value is -1.70. The first-order valence-corrected chi connectivity index (χ1v) is 8.43. The van der Waals surface area contributed by atoms with Crippen molar-refractivity contribution in [1.82, 2.24) is 10.2 Å². The van der Waals surface area contributed by atoms with Gasteiger partial charge in [0.25, 0.3) is 0 Å². The summed E-state index contributed by atoms with van der Waals surface area (Å²) in [6.45, 7) is 5.15. The van der Waals surface area contributed by atoms with E-state index in [0.29, 0.717) is 25.7 Å². The highest BCUT2D eigenvalue weighted by atomic mass is 19.1. The molecule has 6 nitrogen and oxygen atoms in total. The van der Waals surface area contributed by atoms with Crippen molar-refractivity contribution in [3.8, 4) is 0 Å². The van der Waals surface area contributed by atoms with Crippen molar-refractivity contribution < 1.29 is 18.7 Å². The number of anilines is 1. The molecule has 7 heteroatoms. The number of rotatable bonds is 5. The largest absolute Gasteiger partial charge is 0.381 e. The third kappa shape index (κ3) is 4.43. The smallest absolute Gasteiger partial charge is 0.319 e. The maximum atomic E-state index is 13.6. The van der Waals surface area contributed by atoms with Crippen molar-refractivity contribution in [1.29, 1.82) is 0 Å². The van der Waals surface area contributed by atoms with E-state index in [0.717, 1.165) is 32.7 Å². The molecule has 2 heterocycles. The number of urea groups is 1. The normalized spacial score (nSPS) is 23.0. The number of nitrogens with zero attached hydrogens (tertiary/aromatic N) is 1. The number of carbonyl (C=O) groups excluding carboxylic acids is 1. The molecule has 2 fully saturated rings. The van der Waals surface area contributed by atoms with Crippen LogP contribution in [-0.4, -0.2) is 63.0 Å². The Balaban J connectivity index is 1.56. The first-order chi connectivity index (χ1) is 11.7. The molecular weight excluding hydrogens is 313 g/mol. The molecule has 0 aromatic heterocycles. The van der Waals surface area contributed by atoms with Gasteiger partial charge in [0.05, 0.1) is 25.5 Å². The molecular formula is C17H24FN3O3. The molecule has 2 N–H and O–H groups in total. The fraction of sp³-hybridized carbons (Fsp3) is 0.588. The second-order valence-electron chi connectivity index (χ2n) is 6.15. The van der Waals surface area contributed by atoms with E-state index in [4.69, 9.17) is 9.47 Å². The van der Waals surface area contributed by atoms with Crippen molar-refractivity contribution >= 4 is 11.7 Å². The zero-order valence-electron chi connectivity index (χ0n) is 13.7. The number of ether oxygens (including phenoxy) is 2. The summed E-state index contributed by atoms with van der Waals surface area (Å²) >= 11 is 0. The van der Waals surface area contributed by atoms with Gasteiger partial charge in [-0.1, -0.05) is 12.1 Å². The zero-order valence-corrected chi connectivity index (χ0v) is 13.7. The van der Waals surface area contributed by atoms with Crippen LogP contribution in [-0.2, 0) is 9.47 Å². The topological polar surface area (TPSA) is 62.8 Å². The van der Waals surface area contributed by atoms with Crippen LogP contribution in [0.15, 0.2) is 24.3 Å². The van der Waals surface area contributed by atoms with Gasteiger partial charge in [-0.05, 0) is 18.6 Å². The predicted octanol–water partition coefficient (Wildman–Crippen LogP) is 1.68. The van der Waals surface area contributed by atoms with E-state index >= 15 is 0 Å². The Labute approximate surface area is 141 Å². The molecule has 0 unspecified atom stereocenters. The highest BCUT2D eigenvalue weighted by molar-refractivity contribution is 5.89. The van der Waals surface area contributed by atoms with Gasteiger partial charge in [-0.25, -0.2) is 9.18 Å². The lowest BCUT2D eigenvalue weighted by molar-refractivity contribution is 0.00222. The lowest BCUT2D eigenvalue weighted by Crippen LogP contribution is -2.52. The molecule has 2 aliphatic rings. The maximum Gasteiger partial charge on any atom is 0.319 e. The summed E-state index contributed by atoms with van der Waals surface area (Å²) in [6, 6.07) is 5.96. The zero-order chi connectivity index (χ0) is 16.8. The minimum Gasteiger partial charge on any atom is -0.381 e. The van der Waals surface area contributed by atoms with Crippen molar-refractivity contribution in [2.75, 3.05) is 51.4 Å². The number of morpholine rings is 1. The van der Waals surface area contributed by atoms with Crippen LogP contribution in [0.2, 0.25) is 0 Å². The fourth-order valence-electron chi connectivity index (χ4n) is 3.29. The number of hydrogen-bond acceptors (Lipinski definition) is 4. The number of hydrogen-bond donors (Lipinski definition) is 2. The van der Waals surface area contributed by atoms with Crippen LogP contribution in [0.3, 0.4) is 0 Å². The minimum atomic E-state index is -0.443. The van der Waals surface area contributed by atoms with Gasteiger partial charge < -0.3 is 20.1 Å². The van der Waals surface area contributed by atoms with Crippen LogP contribution < -0.4 is 10.6 Å². The first kappa shape index (κ1) is 17.1. The summed E-state index contributed by atoms with van der Waals surface area (Å²) < 4.78 is 24.5. The molecule has 0 radical (unpaired) electrons. The summed E-state index contributed by atoms with van der Waals surface area (Å²) in [5.41, 5.74) is 0.183. The number of benzene rings is 1. The second kappa shape index (κ2) is 8.41. The lowest BCUT2D eigenvalue weighted by Gasteiger charge is -2.37. The van der Waals surface area contributed by atoms with Gasteiger partial charge in [0.2, 0.25) is 0 Å². The van der Waals surface area contributed by atoms with E-state index in [1.54, 1.807) is 18.2 Å². The van der Waals surface area contributed by atoms with Gasteiger partial charge in [-0.2, -0.15) is 0 Å². The standard InChI is InChI=1S/C17H24FN3O3/c18-14-3-1-2-4-15(14)20-17(22)19-11-16(13-5-8-24-12-13)21-6-9-23-10-7-21/h1-4,13,16H,5-12H2,(H2,19,20,22)/t13-,16-/m1/s1. The van der Waals surface area contributed by atoms with Gasteiger partial charge in [-0.15, -0.1) is 0 Å². The highest BCUT2D eigenvalue weighted by Crippen LogP contribution is 2.22. The third-order valence-electron chi connectivity index (χ3n) is 4.62. The number of amides is 2. The number of halogens is 1. The first-order valence-electron chi connectivity index (χ1n) is 8.43. The molecule has 2 saturated heterocycles. The lowest BCUT2D eigenvalue weighted by atomic mass is 9.97.